The number of rotatable bonds is 2. The zero-order valence-electron chi connectivity index (χ0n) is 9.25. The lowest BCUT2D eigenvalue weighted by molar-refractivity contribution is 1.32. The van der Waals surface area contributed by atoms with E-state index in [2.05, 4.69) is 22.4 Å². The maximum atomic E-state index is 4.43. The summed E-state index contributed by atoms with van der Waals surface area (Å²) in [6.07, 6.45) is 3.96. The highest BCUT2D eigenvalue weighted by atomic mass is 15.1. The number of nitrogens with zero attached hydrogens (tertiary/aromatic N) is 2. The molecular weight excluding hydrogens is 208 g/mol. The van der Waals surface area contributed by atoms with Crippen LogP contribution in [0.3, 0.4) is 0 Å². The normalized spacial score (nSPS) is 13.3. The summed E-state index contributed by atoms with van der Waals surface area (Å²) in [7, 11) is 0. The van der Waals surface area contributed by atoms with E-state index in [1.807, 2.05) is 54.6 Å². The zero-order valence-corrected chi connectivity index (χ0v) is 9.25. The Labute approximate surface area is 100 Å². The first-order valence-corrected chi connectivity index (χ1v) is 5.54. The molecule has 17 heavy (non-hydrogen) atoms. The highest BCUT2D eigenvalue weighted by Crippen LogP contribution is 2.29. The molecule has 0 saturated heterocycles. The second kappa shape index (κ2) is 4.26. The van der Waals surface area contributed by atoms with Crippen molar-refractivity contribution in [3.05, 3.63) is 66.2 Å². The van der Waals surface area contributed by atoms with E-state index < -0.39 is 0 Å². The van der Waals surface area contributed by atoms with E-state index in [-0.39, 0.29) is 0 Å². The minimum Gasteiger partial charge on any atom is -0.227 e. The largest absolute Gasteiger partial charge is 0.227 e. The number of aliphatic imine (C=N–C) groups is 1. The van der Waals surface area contributed by atoms with Crippen LogP contribution in [0.25, 0.3) is 6.08 Å². The molecule has 0 bridgehead atoms. The lowest BCUT2D eigenvalue weighted by atomic mass is 10.2. The summed E-state index contributed by atoms with van der Waals surface area (Å²) in [4.78, 5) is 4.43. The summed E-state index contributed by atoms with van der Waals surface area (Å²) < 4.78 is 0. The third-order valence-corrected chi connectivity index (χ3v) is 2.58. The van der Waals surface area contributed by atoms with E-state index in [1.54, 1.807) is 0 Å². The van der Waals surface area contributed by atoms with Gasteiger partial charge in [-0.3, -0.25) is 0 Å². The molecule has 0 aliphatic carbocycles. The van der Waals surface area contributed by atoms with E-state index in [9.17, 15) is 0 Å². The Morgan fingerprint density at radius 2 is 1.41 bits per heavy atom. The fourth-order valence-electron chi connectivity index (χ4n) is 1.73. The molecule has 2 aromatic carbocycles. The third-order valence-electron chi connectivity index (χ3n) is 2.58. The van der Waals surface area contributed by atoms with E-state index in [0.717, 1.165) is 22.8 Å². The van der Waals surface area contributed by atoms with Gasteiger partial charge in [-0.2, -0.15) is 0 Å². The highest BCUT2D eigenvalue weighted by molar-refractivity contribution is 6.05. The number of benzene rings is 2. The van der Waals surface area contributed by atoms with Gasteiger partial charge in [-0.25, -0.2) is 10.3 Å². The number of amidine groups is 1. The van der Waals surface area contributed by atoms with Crippen molar-refractivity contribution in [2.45, 2.75) is 0 Å². The predicted octanol–water partition coefficient (Wildman–Crippen LogP) is 3.68. The van der Waals surface area contributed by atoms with Crippen molar-refractivity contribution in [2.75, 3.05) is 0 Å². The number of para-hydroxylation sites is 2. The SMILES string of the molecule is C(=Cc1ccccc1)C1=Nc2ccccc2[N]1. The van der Waals surface area contributed by atoms with Crippen LogP contribution in [0.5, 0.6) is 0 Å². The molecule has 0 atom stereocenters. The van der Waals surface area contributed by atoms with Gasteiger partial charge in [-0.1, -0.05) is 48.5 Å². The van der Waals surface area contributed by atoms with Crippen molar-refractivity contribution in [1.82, 2.24) is 5.32 Å². The van der Waals surface area contributed by atoms with Crippen LogP contribution in [-0.2, 0) is 0 Å². The van der Waals surface area contributed by atoms with Gasteiger partial charge in [0.15, 0.2) is 5.84 Å². The number of fused-ring (bicyclic) bond motifs is 1. The zero-order chi connectivity index (χ0) is 11.5. The van der Waals surface area contributed by atoms with Crippen molar-refractivity contribution in [3.8, 4) is 0 Å². The van der Waals surface area contributed by atoms with Crippen LogP contribution in [0.15, 0.2) is 65.7 Å². The van der Waals surface area contributed by atoms with Crippen molar-refractivity contribution in [3.63, 3.8) is 0 Å². The first-order valence-electron chi connectivity index (χ1n) is 5.54. The van der Waals surface area contributed by atoms with Gasteiger partial charge >= 0.3 is 0 Å². The van der Waals surface area contributed by atoms with Gasteiger partial charge in [0.2, 0.25) is 0 Å². The molecule has 0 fully saturated rings. The molecule has 0 saturated carbocycles. The highest BCUT2D eigenvalue weighted by Gasteiger charge is 2.11. The van der Waals surface area contributed by atoms with Crippen LogP contribution < -0.4 is 5.32 Å². The molecular formula is C15H11N2. The van der Waals surface area contributed by atoms with Gasteiger partial charge in [-0.15, -0.1) is 0 Å². The molecule has 0 N–H and O–H groups in total. The molecule has 1 aliphatic heterocycles. The van der Waals surface area contributed by atoms with Crippen molar-refractivity contribution >= 4 is 23.3 Å². The quantitative estimate of drug-likeness (QED) is 0.736. The summed E-state index contributed by atoms with van der Waals surface area (Å²) in [5.41, 5.74) is 3.04. The Hall–Kier alpha value is -2.35. The molecule has 1 radical (unpaired) electrons. The van der Waals surface area contributed by atoms with E-state index in [0.29, 0.717) is 0 Å². The van der Waals surface area contributed by atoms with Gasteiger partial charge < -0.3 is 0 Å². The van der Waals surface area contributed by atoms with Crippen LogP contribution in [0.1, 0.15) is 5.56 Å². The average Bonchev–Trinajstić information content (AvgIpc) is 2.80. The topological polar surface area (TPSA) is 26.5 Å². The van der Waals surface area contributed by atoms with Crippen LogP contribution in [-0.4, -0.2) is 5.84 Å². The van der Waals surface area contributed by atoms with Crippen molar-refractivity contribution in [1.29, 1.82) is 0 Å². The van der Waals surface area contributed by atoms with Gasteiger partial charge in [0.25, 0.3) is 0 Å². The fraction of sp³-hybridized carbons (Fsp3) is 0. The van der Waals surface area contributed by atoms with Gasteiger partial charge in [0, 0.05) is 0 Å². The molecule has 81 valence electrons. The molecule has 2 aromatic rings. The smallest absolute Gasteiger partial charge is 0.153 e. The Bertz CT molecular complexity index is 583. The minimum atomic E-state index is 0.759. The van der Waals surface area contributed by atoms with Crippen LogP contribution in [0.2, 0.25) is 0 Å². The monoisotopic (exact) mass is 219 g/mol. The molecule has 0 spiro atoms. The number of hydrogen-bond acceptors (Lipinski definition) is 1. The van der Waals surface area contributed by atoms with Crippen molar-refractivity contribution < 1.29 is 0 Å². The first kappa shape index (κ1) is 9.85. The maximum absolute atomic E-state index is 4.43. The summed E-state index contributed by atoms with van der Waals surface area (Å²) in [5, 5.41) is 4.43. The molecule has 1 heterocycles. The Morgan fingerprint density at radius 1 is 0.706 bits per heavy atom. The molecule has 3 rings (SSSR count). The molecule has 1 aliphatic rings. The second-order valence-corrected chi connectivity index (χ2v) is 3.81. The van der Waals surface area contributed by atoms with Gasteiger partial charge in [0.1, 0.15) is 0 Å². The molecule has 2 nitrogen and oxygen atoms in total. The lowest BCUT2D eigenvalue weighted by Crippen LogP contribution is -2.01. The Balaban J connectivity index is 1.80. The van der Waals surface area contributed by atoms with E-state index in [4.69, 9.17) is 0 Å². The molecule has 0 amide bonds. The van der Waals surface area contributed by atoms with E-state index in [1.165, 1.54) is 0 Å². The predicted molar refractivity (Wildman–Crippen MR) is 70.8 cm³/mol. The first-order chi connectivity index (χ1) is 8.42. The average molecular weight is 219 g/mol. The summed E-state index contributed by atoms with van der Waals surface area (Å²) in [5.74, 6) is 0.759. The molecule has 0 unspecified atom stereocenters. The van der Waals surface area contributed by atoms with Gasteiger partial charge in [-0.05, 0) is 23.8 Å². The fourth-order valence-corrected chi connectivity index (χ4v) is 1.73. The van der Waals surface area contributed by atoms with E-state index >= 15 is 0 Å². The van der Waals surface area contributed by atoms with Crippen LogP contribution in [0, 0.1) is 0 Å². The summed E-state index contributed by atoms with van der Waals surface area (Å²) in [6.45, 7) is 0. The van der Waals surface area contributed by atoms with Crippen LogP contribution >= 0.6 is 0 Å². The van der Waals surface area contributed by atoms with Crippen LogP contribution in [0.4, 0.5) is 11.4 Å². The minimum absolute atomic E-state index is 0.759. The standard InChI is InChI=1S/C15H11N2/c1-2-6-12(7-3-1)10-11-15-16-13-8-4-5-9-14(13)17-15/h1-11H. The summed E-state index contributed by atoms with van der Waals surface area (Å²) >= 11 is 0. The Morgan fingerprint density at radius 3 is 2.18 bits per heavy atom. The molecule has 2 heteroatoms. The maximum Gasteiger partial charge on any atom is 0.153 e. The third kappa shape index (κ3) is 2.11. The lowest BCUT2D eigenvalue weighted by Gasteiger charge is -1.93. The van der Waals surface area contributed by atoms with Crippen molar-refractivity contribution in [2.24, 2.45) is 4.99 Å². The summed E-state index contributed by atoms with van der Waals surface area (Å²) in [6, 6.07) is 18.0. The number of hydrogen-bond donors (Lipinski definition) is 0. The molecule has 0 aromatic heterocycles. The Kier molecular flexibility index (Phi) is 2.47. The second-order valence-electron chi connectivity index (χ2n) is 3.81. The van der Waals surface area contributed by atoms with Gasteiger partial charge in [0.05, 0.1) is 11.4 Å².